The van der Waals surface area contributed by atoms with Crippen molar-refractivity contribution in [3.63, 3.8) is 0 Å². The molecule has 1 N–H and O–H groups in total. The van der Waals surface area contributed by atoms with Gasteiger partial charge < -0.3 is 24.3 Å². The summed E-state index contributed by atoms with van der Waals surface area (Å²) in [6, 6.07) is 6.33. The first-order valence-electron chi connectivity index (χ1n) is 8.07. The third-order valence-corrected chi connectivity index (χ3v) is 4.06. The monoisotopic (exact) mass is 411 g/mol. The highest BCUT2D eigenvalue weighted by Crippen LogP contribution is 2.38. The van der Waals surface area contributed by atoms with Crippen LogP contribution in [0.25, 0.3) is 0 Å². The summed E-state index contributed by atoms with van der Waals surface area (Å²) in [5, 5.41) is 2.50. The van der Waals surface area contributed by atoms with Crippen LogP contribution in [0.15, 0.2) is 30.3 Å². The van der Waals surface area contributed by atoms with Crippen molar-refractivity contribution >= 4 is 29.2 Å². The van der Waals surface area contributed by atoms with E-state index in [1.54, 1.807) is 0 Å². The third kappa shape index (κ3) is 4.83. The number of esters is 1. The molecule has 0 radical (unpaired) electrons. The molecule has 0 aliphatic heterocycles. The summed E-state index contributed by atoms with van der Waals surface area (Å²) >= 11 is 5.87. The van der Waals surface area contributed by atoms with Crippen molar-refractivity contribution in [3.8, 4) is 17.2 Å². The van der Waals surface area contributed by atoms with Crippen LogP contribution in [-0.4, -0.2) is 39.3 Å². The summed E-state index contributed by atoms with van der Waals surface area (Å²) in [5.74, 6) is -1.09. The number of benzene rings is 2. The van der Waals surface area contributed by atoms with Gasteiger partial charge in [0.05, 0.1) is 37.6 Å². The molecule has 1 atom stereocenters. The lowest BCUT2D eigenvalue weighted by Crippen LogP contribution is -2.30. The van der Waals surface area contributed by atoms with Gasteiger partial charge in [0, 0.05) is 0 Å². The Morgan fingerprint density at radius 1 is 1.04 bits per heavy atom. The average molecular weight is 412 g/mol. The van der Waals surface area contributed by atoms with E-state index in [2.05, 4.69) is 5.32 Å². The Morgan fingerprint density at radius 3 is 2.14 bits per heavy atom. The molecule has 2 aromatic rings. The molecule has 9 heteroatoms. The summed E-state index contributed by atoms with van der Waals surface area (Å²) in [5.41, 5.74) is 0.303. The Balaban J connectivity index is 2.14. The van der Waals surface area contributed by atoms with Crippen LogP contribution in [-0.2, 0) is 9.53 Å². The molecule has 0 aliphatic carbocycles. The maximum absolute atomic E-state index is 13.1. The van der Waals surface area contributed by atoms with Gasteiger partial charge in [-0.3, -0.25) is 4.79 Å². The normalized spacial score (nSPS) is 11.4. The summed E-state index contributed by atoms with van der Waals surface area (Å²) in [4.78, 5) is 24.7. The van der Waals surface area contributed by atoms with Crippen molar-refractivity contribution in [2.24, 2.45) is 0 Å². The minimum Gasteiger partial charge on any atom is -0.493 e. The van der Waals surface area contributed by atoms with Gasteiger partial charge in [-0.05, 0) is 37.3 Å². The average Bonchev–Trinajstić information content (AvgIpc) is 2.68. The smallest absolute Gasteiger partial charge is 0.339 e. The van der Waals surface area contributed by atoms with Crippen LogP contribution in [0.1, 0.15) is 17.3 Å². The zero-order chi connectivity index (χ0) is 20.8. The van der Waals surface area contributed by atoms with E-state index < -0.39 is 23.8 Å². The van der Waals surface area contributed by atoms with Gasteiger partial charge in [-0.15, -0.1) is 0 Å². The molecular formula is C19H19ClFNO6. The molecule has 0 saturated heterocycles. The number of hydrogen-bond acceptors (Lipinski definition) is 6. The largest absolute Gasteiger partial charge is 0.493 e. The summed E-state index contributed by atoms with van der Waals surface area (Å²) in [6.45, 7) is 1.39. The molecule has 2 rings (SSSR count). The number of rotatable bonds is 7. The van der Waals surface area contributed by atoms with E-state index in [1.807, 2.05) is 0 Å². The Kier molecular flexibility index (Phi) is 7.06. The number of nitrogens with one attached hydrogen (secondary N) is 1. The highest BCUT2D eigenvalue weighted by Gasteiger charge is 2.23. The van der Waals surface area contributed by atoms with Gasteiger partial charge in [0.15, 0.2) is 17.6 Å². The number of halogens is 2. The number of hydrogen-bond donors (Lipinski definition) is 1. The standard InChI is InChI=1S/C19H19ClFNO6/c1-10(18(23)22-14-6-5-12(21)9-13(14)20)28-19(24)11-7-15(25-2)17(27-4)16(8-11)26-3/h5-10H,1-4H3,(H,22,23)/t10-/m1/s1. The summed E-state index contributed by atoms with van der Waals surface area (Å²) < 4.78 is 33.8. The molecule has 0 bridgehead atoms. The molecule has 2 aromatic carbocycles. The maximum Gasteiger partial charge on any atom is 0.339 e. The molecular weight excluding hydrogens is 393 g/mol. The molecule has 0 spiro atoms. The van der Waals surface area contributed by atoms with Crippen LogP contribution < -0.4 is 19.5 Å². The second kappa shape index (κ2) is 9.27. The molecule has 150 valence electrons. The molecule has 28 heavy (non-hydrogen) atoms. The number of ether oxygens (including phenoxy) is 4. The first-order chi connectivity index (χ1) is 13.3. The molecule has 0 aliphatic rings. The second-order valence-corrected chi connectivity index (χ2v) is 5.98. The molecule has 7 nitrogen and oxygen atoms in total. The molecule has 0 saturated carbocycles. The molecule has 0 aromatic heterocycles. The minimum absolute atomic E-state index is 0.0245. The van der Waals surface area contributed by atoms with E-state index in [4.69, 9.17) is 30.5 Å². The fourth-order valence-electron chi connectivity index (χ4n) is 2.31. The van der Waals surface area contributed by atoms with Crippen LogP contribution in [0, 0.1) is 5.82 Å². The van der Waals surface area contributed by atoms with Crippen LogP contribution >= 0.6 is 11.6 Å². The number of methoxy groups -OCH3 is 3. The predicted octanol–water partition coefficient (Wildman–Crippen LogP) is 3.69. The van der Waals surface area contributed by atoms with Gasteiger partial charge in [-0.25, -0.2) is 9.18 Å². The topological polar surface area (TPSA) is 83.1 Å². The molecule has 0 heterocycles. The lowest BCUT2D eigenvalue weighted by atomic mass is 10.2. The van der Waals surface area contributed by atoms with Crippen LogP contribution in [0.5, 0.6) is 17.2 Å². The Bertz CT molecular complexity index is 864. The molecule has 0 unspecified atom stereocenters. The predicted molar refractivity (Wildman–Crippen MR) is 101 cm³/mol. The third-order valence-electron chi connectivity index (χ3n) is 3.74. The quantitative estimate of drug-likeness (QED) is 0.700. The van der Waals surface area contributed by atoms with E-state index in [0.29, 0.717) is 5.75 Å². The Hall–Kier alpha value is -3.00. The lowest BCUT2D eigenvalue weighted by Gasteiger charge is -2.16. The van der Waals surface area contributed by atoms with Crippen molar-refractivity contribution < 1.29 is 32.9 Å². The van der Waals surface area contributed by atoms with Gasteiger partial charge in [0.1, 0.15) is 5.82 Å². The second-order valence-electron chi connectivity index (χ2n) is 5.57. The Morgan fingerprint density at radius 2 is 1.64 bits per heavy atom. The van der Waals surface area contributed by atoms with E-state index in [1.165, 1.54) is 46.5 Å². The Labute approximate surface area is 166 Å². The first-order valence-corrected chi connectivity index (χ1v) is 8.45. The van der Waals surface area contributed by atoms with Crippen molar-refractivity contribution in [2.45, 2.75) is 13.0 Å². The van der Waals surface area contributed by atoms with E-state index in [9.17, 15) is 14.0 Å². The van der Waals surface area contributed by atoms with E-state index in [-0.39, 0.29) is 27.8 Å². The number of carbonyl (C=O) groups is 2. The van der Waals surface area contributed by atoms with Crippen molar-refractivity contribution in [2.75, 3.05) is 26.6 Å². The summed E-state index contributed by atoms with van der Waals surface area (Å²) in [6.07, 6.45) is -1.15. The SMILES string of the molecule is COc1cc(C(=O)O[C@H](C)C(=O)Nc2ccc(F)cc2Cl)cc(OC)c1OC. The van der Waals surface area contributed by atoms with Crippen LogP contribution in [0.4, 0.5) is 10.1 Å². The van der Waals surface area contributed by atoms with Crippen molar-refractivity contribution in [1.82, 2.24) is 0 Å². The zero-order valence-electron chi connectivity index (χ0n) is 15.7. The van der Waals surface area contributed by atoms with Gasteiger partial charge in [-0.1, -0.05) is 11.6 Å². The fraction of sp³-hybridized carbons (Fsp3) is 0.263. The summed E-state index contributed by atoms with van der Waals surface area (Å²) in [7, 11) is 4.26. The molecule has 1 amide bonds. The molecule has 0 fully saturated rings. The highest BCUT2D eigenvalue weighted by atomic mass is 35.5. The van der Waals surface area contributed by atoms with Gasteiger partial charge in [0.2, 0.25) is 5.75 Å². The first kappa shape index (κ1) is 21.3. The van der Waals surface area contributed by atoms with E-state index in [0.717, 1.165) is 12.1 Å². The number of anilines is 1. The highest BCUT2D eigenvalue weighted by molar-refractivity contribution is 6.33. The minimum atomic E-state index is -1.15. The fourth-order valence-corrected chi connectivity index (χ4v) is 2.52. The van der Waals surface area contributed by atoms with Crippen LogP contribution in [0.3, 0.4) is 0 Å². The van der Waals surface area contributed by atoms with Crippen molar-refractivity contribution in [3.05, 3.63) is 46.7 Å². The number of carbonyl (C=O) groups excluding carboxylic acids is 2. The lowest BCUT2D eigenvalue weighted by molar-refractivity contribution is -0.123. The van der Waals surface area contributed by atoms with Crippen LogP contribution in [0.2, 0.25) is 5.02 Å². The van der Waals surface area contributed by atoms with Crippen molar-refractivity contribution in [1.29, 1.82) is 0 Å². The maximum atomic E-state index is 13.1. The zero-order valence-corrected chi connectivity index (χ0v) is 16.4. The van der Waals surface area contributed by atoms with Gasteiger partial charge in [-0.2, -0.15) is 0 Å². The van der Waals surface area contributed by atoms with E-state index >= 15 is 0 Å². The van der Waals surface area contributed by atoms with Gasteiger partial charge in [0.25, 0.3) is 5.91 Å². The van der Waals surface area contributed by atoms with Gasteiger partial charge >= 0.3 is 5.97 Å². The number of amides is 1.